The van der Waals surface area contributed by atoms with Crippen LogP contribution in [0.1, 0.15) is 90.4 Å². The number of rotatable bonds is 12. The molecule has 1 radical (unpaired) electrons. The molecule has 0 aromatic carbocycles. The van der Waals surface area contributed by atoms with E-state index in [0.29, 0.717) is 0 Å². The summed E-state index contributed by atoms with van der Waals surface area (Å²) < 4.78 is 0. The van der Waals surface area contributed by atoms with Gasteiger partial charge in [-0.25, -0.2) is 0 Å². The van der Waals surface area contributed by atoms with Gasteiger partial charge < -0.3 is 6.15 Å². The standard InChI is InChI=1S/C15H31.H3N/c1-3-5-7-9-11-13-15-14-12-10-8-6-4-2;/h1,3-15H2,2H3;1H3. The van der Waals surface area contributed by atoms with Crippen molar-refractivity contribution in [2.75, 3.05) is 0 Å². The lowest BCUT2D eigenvalue weighted by molar-refractivity contribution is 0.545. The molecule has 0 aromatic rings. The third-order valence-corrected chi connectivity index (χ3v) is 3.10. The van der Waals surface area contributed by atoms with Gasteiger partial charge in [-0.3, -0.25) is 0 Å². The van der Waals surface area contributed by atoms with Gasteiger partial charge in [-0.1, -0.05) is 97.3 Å². The Morgan fingerprint density at radius 2 is 0.875 bits per heavy atom. The van der Waals surface area contributed by atoms with Crippen molar-refractivity contribution in [2.24, 2.45) is 0 Å². The van der Waals surface area contributed by atoms with E-state index in [1.807, 2.05) is 0 Å². The second-order valence-electron chi connectivity index (χ2n) is 4.74. The van der Waals surface area contributed by atoms with Crippen molar-refractivity contribution in [3.05, 3.63) is 6.92 Å². The highest BCUT2D eigenvalue weighted by Gasteiger charge is 1.92. The van der Waals surface area contributed by atoms with E-state index in [2.05, 4.69) is 13.8 Å². The summed E-state index contributed by atoms with van der Waals surface area (Å²) >= 11 is 0. The molecule has 16 heavy (non-hydrogen) atoms. The van der Waals surface area contributed by atoms with Crippen molar-refractivity contribution in [1.82, 2.24) is 6.15 Å². The lowest BCUT2D eigenvalue weighted by atomic mass is 10.1. The SMILES string of the molecule is N.[CH2]CCCCCCCCCCCCCC. The monoisotopic (exact) mass is 228 g/mol. The molecular weight excluding hydrogens is 194 g/mol. The van der Waals surface area contributed by atoms with Crippen molar-refractivity contribution in [2.45, 2.75) is 90.4 Å². The molecule has 0 aliphatic heterocycles. The fourth-order valence-corrected chi connectivity index (χ4v) is 2.02. The van der Waals surface area contributed by atoms with E-state index in [0.717, 1.165) is 6.42 Å². The summed E-state index contributed by atoms with van der Waals surface area (Å²) in [5, 5.41) is 0. The van der Waals surface area contributed by atoms with Crippen molar-refractivity contribution >= 4 is 0 Å². The van der Waals surface area contributed by atoms with E-state index in [1.165, 1.54) is 77.0 Å². The van der Waals surface area contributed by atoms with Crippen LogP contribution in [-0.2, 0) is 0 Å². The van der Waals surface area contributed by atoms with E-state index in [9.17, 15) is 0 Å². The molecule has 1 heteroatoms. The average Bonchev–Trinajstić information content (AvgIpc) is 2.26. The van der Waals surface area contributed by atoms with Gasteiger partial charge in [0.25, 0.3) is 0 Å². The van der Waals surface area contributed by atoms with Gasteiger partial charge in [-0.2, -0.15) is 0 Å². The van der Waals surface area contributed by atoms with E-state index in [4.69, 9.17) is 0 Å². The normalized spacial score (nSPS) is 10.1. The highest BCUT2D eigenvalue weighted by atomic mass is 14.0. The summed E-state index contributed by atoms with van der Waals surface area (Å²) in [5.74, 6) is 0. The van der Waals surface area contributed by atoms with Crippen molar-refractivity contribution < 1.29 is 0 Å². The predicted molar refractivity (Wildman–Crippen MR) is 76.1 cm³/mol. The molecule has 0 rings (SSSR count). The molecule has 0 unspecified atom stereocenters. The maximum absolute atomic E-state index is 3.87. The number of hydrogen-bond donors (Lipinski definition) is 1. The van der Waals surface area contributed by atoms with Crippen LogP contribution in [0.5, 0.6) is 0 Å². The molecule has 0 fully saturated rings. The largest absolute Gasteiger partial charge is 0.344 e. The Bertz CT molecular complexity index is 89.6. The molecule has 0 aliphatic rings. The van der Waals surface area contributed by atoms with Crippen LogP contribution in [0.2, 0.25) is 0 Å². The molecule has 0 saturated heterocycles. The average molecular weight is 228 g/mol. The summed E-state index contributed by atoms with van der Waals surface area (Å²) in [7, 11) is 0. The van der Waals surface area contributed by atoms with E-state index in [-0.39, 0.29) is 6.15 Å². The smallest absolute Gasteiger partial charge is 0.0533 e. The highest BCUT2D eigenvalue weighted by Crippen LogP contribution is 2.12. The summed E-state index contributed by atoms with van der Waals surface area (Å²) in [6.07, 6.45) is 18.3. The molecule has 0 amide bonds. The van der Waals surface area contributed by atoms with Crippen LogP contribution in [0.15, 0.2) is 0 Å². The molecule has 1 nitrogen and oxygen atoms in total. The molecule has 3 N–H and O–H groups in total. The van der Waals surface area contributed by atoms with Gasteiger partial charge in [0.2, 0.25) is 0 Å². The van der Waals surface area contributed by atoms with Crippen LogP contribution in [0.4, 0.5) is 0 Å². The Kier molecular flexibility index (Phi) is 19.9. The van der Waals surface area contributed by atoms with Crippen LogP contribution in [-0.4, -0.2) is 0 Å². The van der Waals surface area contributed by atoms with Crippen molar-refractivity contribution in [1.29, 1.82) is 0 Å². The lowest BCUT2D eigenvalue weighted by Gasteiger charge is -2.01. The van der Waals surface area contributed by atoms with Crippen LogP contribution in [0, 0.1) is 6.92 Å². The first-order valence-corrected chi connectivity index (χ1v) is 7.21. The zero-order valence-electron chi connectivity index (χ0n) is 11.6. The summed E-state index contributed by atoms with van der Waals surface area (Å²) in [4.78, 5) is 0. The molecular formula is C15H34N. The second kappa shape index (κ2) is 17.4. The third-order valence-electron chi connectivity index (χ3n) is 3.10. The summed E-state index contributed by atoms with van der Waals surface area (Å²) in [5.41, 5.74) is 0. The van der Waals surface area contributed by atoms with Gasteiger partial charge in [-0.15, -0.1) is 0 Å². The summed E-state index contributed by atoms with van der Waals surface area (Å²) in [6.45, 7) is 6.15. The first-order chi connectivity index (χ1) is 7.41. The van der Waals surface area contributed by atoms with Gasteiger partial charge in [0.1, 0.15) is 0 Å². The molecule has 0 saturated carbocycles. The van der Waals surface area contributed by atoms with Crippen LogP contribution >= 0.6 is 0 Å². The van der Waals surface area contributed by atoms with Crippen molar-refractivity contribution in [3.8, 4) is 0 Å². The number of unbranched alkanes of at least 4 members (excludes halogenated alkanes) is 12. The van der Waals surface area contributed by atoms with Crippen LogP contribution < -0.4 is 6.15 Å². The maximum atomic E-state index is 3.87. The second-order valence-corrected chi connectivity index (χ2v) is 4.74. The van der Waals surface area contributed by atoms with Gasteiger partial charge in [0.05, 0.1) is 0 Å². The maximum Gasteiger partial charge on any atom is -0.0533 e. The quantitative estimate of drug-likeness (QED) is 0.404. The first kappa shape index (κ1) is 18.3. The molecule has 0 spiro atoms. The zero-order valence-corrected chi connectivity index (χ0v) is 11.6. The molecule has 0 aromatic heterocycles. The fourth-order valence-electron chi connectivity index (χ4n) is 2.02. The van der Waals surface area contributed by atoms with E-state index >= 15 is 0 Å². The van der Waals surface area contributed by atoms with Gasteiger partial charge in [0.15, 0.2) is 0 Å². The summed E-state index contributed by atoms with van der Waals surface area (Å²) in [6, 6.07) is 0. The Labute approximate surface area is 104 Å². The van der Waals surface area contributed by atoms with Gasteiger partial charge in [0, 0.05) is 0 Å². The minimum absolute atomic E-state index is 0. The molecule has 0 aliphatic carbocycles. The van der Waals surface area contributed by atoms with Crippen LogP contribution in [0.25, 0.3) is 0 Å². The van der Waals surface area contributed by atoms with E-state index in [1.54, 1.807) is 0 Å². The Balaban J connectivity index is 0. The Morgan fingerprint density at radius 3 is 1.19 bits per heavy atom. The molecule has 0 atom stereocenters. The minimum Gasteiger partial charge on any atom is -0.344 e. The van der Waals surface area contributed by atoms with E-state index < -0.39 is 0 Å². The molecule has 99 valence electrons. The third kappa shape index (κ3) is 16.4. The highest BCUT2D eigenvalue weighted by molar-refractivity contribution is 4.49. The van der Waals surface area contributed by atoms with Crippen LogP contribution in [0.3, 0.4) is 0 Å². The Morgan fingerprint density at radius 1 is 0.562 bits per heavy atom. The van der Waals surface area contributed by atoms with Gasteiger partial charge >= 0.3 is 0 Å². The fraction of sp³-hybridized carbons (Fsp3) is 0.933. The molecule has 0 bridgehead atoms. The predicted octanol–water partition coefficient (Wildman–Crippen LogP) is 6.07. The number of hydrogen-bond acceptors (Lipinski definition) is 1. The lowest BCUT2D eigenvalue weighted by Crippen LogP contribution is -1.82. The zero-order chi connectivity index (χ0) is 11.2. The topological polar surface area (TPSA) is 35.0 Å². The minimum atomic E-state index is 0. The Hall–Kier alpha value is -0.0400. The first-order valence-electron chi connectivity index (χ1n) is 7.21. The van der Waals surface area contributed by atoms with Crippen molar-refractivity contribution in [3.63, 3.8) is 0 Å². The van der Waals surface area contributed by atoms with Gasteiger partial charge in [-0.05, 0) is 0 Å². The molecule has 0 heterocycles.